The van der Waals surface area contributed by atoms with E-state index in [4.69, 9.17) is 5.73 Å². The van der Waals surface area contributed by atoms with Crippen LogP contribution in [0.5, 0.6) is 0 Å². The van der Waals surface area contributed by atoms with Gasteiger partial charge >= 0.3 is 6.09 Å². The summed E-state index contributed by atoms with van der Waals surface area (Å²) in [4.78, 5) is 37.5. The fourth-order valence-electron chi connectivity index (χ4n) is 3.31. The van der Waals surface area contributed by atoms with Crippen molar-refractivity contribution in [3.8, 4) is 0 Å². The van der Waals surface area contributed by atoms with Crippen LogP contribution in [-0.4, -0.2) is 44.1 Å². The minimum Gasteiger partial charge on any atom is -0.453 e. The van der Waals surface area contributed by atoms with Crippen LogP contribution in [0.25, 0.3) is 0 Å². The third kappa shape index (κ3) is 6.14. The van der Waals surface area contributed by atoms with Crippen LogP contribution >= 0.6 is 0 Å². The van der Waals surface area contributed by atoms with Gasteiger partial charge in [0.15, 0.2) is 0 Å². The minimum absolute atomic E-state index is 0.0463. The molecule has 4 N–H and O–H groups in total. The maximum absolute atomic E-state index is 12.6. The van der Waals surface area contributed by atoms with E-state index in [0.29, 0.717) is 12.1 Å². The van der Waals surface area contributed by atoms with Crippen molar-refractivity contribution in [3.05, 3.63) is 24.3 Å². The van der Waals surface area contributed by atoms with Gasteiger partial charge in [-0.1, -0.05) is 13.8 Å². The molecule has 8 nitrogen and oxygen atoms in total. The molecule has 1 aliphatic rings. The van der Waals surface area contributed by atoms with Gasteiger partial charge in [0.2, 0.25) is 11.8 Å². The van der Waals surface area contributed by atoms with Gasteiger partial charge in [0.1, 0.15) is 6.04 Å². The first-order chi connectivity index (χ1) is 13.3. The van der Waals surface area contributed by atoms with Crippen molar-refractivity contribution in [2.45, 2.75) is 39.2 Å². The highest BCUT2D eigenvalue weighted by Gasteiger charge is 2.24. The number of primary amides is 1. The van der Waals surface area contributed by atoms with E-state index in [9.17, 15) is 14.4 Å². The Morgan fingerprint density at radius 1 is 1.18 bits per heavy atom. The summed E-state index contributed by atoms with van der Waals surface area (Å²) in [6.45, 7) is 5.52. The number of hydrogen-bond acceptors (Lipinski definition) is 5. The first-order valence-corrected chi connectivity index (χ1v) is 9.59. The van der Waals surface area contributed by atoms with Crippen molar-refractivity contribution < 1.29 is 19.1 Å². The fraction of sp³-hybridized carbons (Fsp3) is 0.550. The molecule has 0 radical (unpaired) electrons. The van der Waals surface area contributed by atoms with Crippen molar-refractivity contribution in [1.82, 2.24) is 5.32 Å². The number of piperidine rings is 1. The molecule has 3 amide bonds. The molecule has 1 atom stereocenters. The van der Waals surface area contributed by atoms with E-state index in [-0.39, 0.29) is 23.7 Å². The smallest absolute Gasteiger partial charge is 0.407 e. The third-order valence-corrected chi connectivity index (χ3v) is 4.90. The molecule has 0 aromatic heterocycles. The molecule has 1 aromatic rings. The number of nitrogens with one attached hydrogen (secondary N) is 2. The molecule has 2 rings (SSSR count). The Balaban J connectivity index is 1.95. The monoisotopic (exact) mass is 390 g/mol. The molecule has 1 aliphatic heterocycles. The van der Waals surface area contributed by atoms with Crippen LogP contribution in [0.2, 0.25) is 0 Å². The molecule has 0 saturated carbocycles. The third-order valence-electron chi connectivity index (χ3n) is 4.90. The van der Waals surface area contributed by atoms with Crippen LogP contribution in [0.3, 0.4) is 0 Å². The van der Waals surface area contributed by atoms with E-state index >= 15 is 0 Å². The van der Waals surface area contributed by atoms with Crippen molar-refractivity contribution in [3.63, 3.8) is 0 Å². The first kappa shape index (κ1) is 21.5. The zero-order chi connectivity index (χ0) is 20.7. The zero-order valence-electron chi connectivity index (χ0n) is 16.7. The number of hydrogen-bond donors (Lipinski definition) is 3. The van der Waals surface area contributed by atoms with Gasteiger partial charge in [0.25, 0.3) is 0 Å². The second kappa shape index (κ2) is 9.96. The number of anilines is 2. The van der Waals surface area contributed by atoms with Gasteiger partial charge in [0.05, 0.1) is 7.11 Å². The molecule has 1 fully saturated rings. The van der Waals surface area contributed by atoms with E-state index in [0.717, 1.165) is 31.6 Å². The SMILES string of the molecule is COC(=O)NC(CC(C)C)C(=O)Nc1ccc(N2CCC(C(N)=O)CC2)cc1. The molecule has 1 aromatic carbocycles. The molecule has 28 heavy (non-hydrogen) atoms. The number of nitrogens with zero attached hydrogens (tertiary/aromatic N) is 1. The Hall–Kier alpha value is -2.77. The van der Waals surface area contributed by atoms with Crippen LogP contribution in [0.4, 0.5) is 16.2 Å². The van der Waals surface area contributed by atoms with Gasteiger partial charge in [-0.2, -0.15) is 0 Å². The number of ether oxygens (including phenoxy) is 1. The molecular weight excluding hydrogens is 360 g/mol. The normalized spacial score (nSPS) is 15.8. The van der Waals surface area contributed by atoms with Crippen molar-refractivity contribution in [2.24, 2.45) is 17.6 Å². The van der Waals surface area contributed by atoms with Gasteiger partial charge in [0, 0.05) is 30.4 Å². The average molecular weight is 390 g/mol. The maximum Gasteiger partial charge on any atom is 0.407 e. The highest BCUT2D eigenvalue weighted by Crippen LogP contribution is 2.24. The number of carbonyl (C=O) groups is 3. The molecule has 1 saturated heterocycles. The quantitative estimate of drug-likeness (QED) is 0.660. The number of amides is 3. The molecule has 154 valence electrons. The van der Waals surface area contributed by atoms with Crippen LogP contribution in [0.15, 0.2) is 24.3 Å². The topological polar surface area (TPSA) is 114 Å². The summed E-state index contributed by atoms with van der Waals surface area (Å²) in [6.07, 6.45) is 1.39. The molecule has 0 spiro atoms. The molecule has 1 unspecified atom stereocenters. The van der Waals surface area contributed by atoms with Crippen molar-refractivity contribution in [2.75, 3.05) is 30.4 Å². The first-order valence-electron chi connectivity index (χ1n) is 9.59. The van der Waals surface area contributed by atoms with Crippen molar-refractivity contribution in [1.29, 1.82) is 0 Å². The number of alkyl carbamates (subject to hydrolysis) is 1. The van der Waals surface area contributed by atoms with Gasteiger partial charge in [-0.3, -0.25) is 9.59 Å². The number of methoxy groups -OCH3 is 1. The molecule has 1 heterocycles. The van der Waals surface area contributed by atoms with Gasteiger partial charge in [-0.05, 0) is 49.4 Å². The molecule has 0 aliphatic carbocycles. The number of benzene rings is 1. The van der Waals surface area contributed by atoms with Crippen LogP contribution in [0, 0.1) is 11.8 Å². The second-order valence-electron chi connectivity index (χ2n) is 7.52. The van der Waals surface area contributed by atoms with E-state index in [1.807, 2.05) is 38.1 Å². The Morgan fingerprint density at radius 2 is 1.79 bits per heavy atom. The molecule has 8 heteroatoms. The number of rotatable bonds is 7. The highest BCUT2D eigenvalue weighted by molar-refractivity contribution is 5.96. The van der Waals surface area contributed by atoms with E-state index < -0.39 is 12.1 Å². The van der Waals surface area contributed by atoms with Gasteiger partial charge < -0.3 is 26.0 Å². The van der Waals surface area contributed by atoms with E-state index in [1.54, 1.807) is 0 Å². The predicted octanol–water partition coefficient (Wildman–Crippen LogP) is 2.10. The Labute approximate surface area is 165 Å². The lowest BCUT2D eigenvalue weighted by molar-refractivity contribution is -0.122. The summed E-state index contributed by atoms with van der Waals surface area (Å²) < 4.78 is 4.60. The van der Waals surface area contributed by atoms with Crippen LogP contribution in [0.1, 0.15) is 33.1 Å². The summed E-state index contributed by atoms with van der Waals surface area (Å²) in [5.41, 5.74) is 7.07. The Bertz CT molecular complexity index is 682. The Kier molecular flexibility index (Phi) is 7.66. The standard InChI is InChI=1S/C20H30N4O4/c1-13(2)12-17(23-20(27)28-3)19(26)22-15-4-6-16(7-5-15)24-10-8-14(9-11-24)18(21)25/h4-7,13-14,17H,8-12H2,1-3H3,(H2,21,25)(H,22,26)(H,23,27). The van der Waals surface area contributed by atoms with Crippen molar-refractivity contribution >= 4 is 29.3 Å². The summed E-state index contributed by atoms with van der Waals surface area (Å²) in [7, 11) is 1.27. The summed E-state index contributed by atoms with van der Waals surface area (Å²) >= 11 is 0. The molecular formula is C20H30N4O4. The predicted molar refractivity (Wildman–Crippen MR) is 108 cm³/mol. The number of carbonyl (C=O) groups excluding carboxylic acids is 3. The number of nitrogens with two attached hydrogens (primary N) is 1. The zero-order valence-corrected chi connectivity index (χ0v) is 16.7. The Morgan fingerprint density at radius 3 is 2.29 bits per heavy atom. The van der Waals surface area contributed by atoms with Crippen LogP contribution < -0.4 is 21.3 Å². The summed E-state index contributed by atoms with van der Waals surface area (Å²) in [5, 5.41) is 5.42. The molecule has 0 bridgehead atoms. The van der Waals surface area contributed by atoms with Crippen LogP contribution in [-0.2, 0) is 14.3 Å². The minimum atomic E-state index is -0.667. The van der Waals surface area contributed by atoms with Gasteiger partial charge in [-0.25, -0.2) is 4.79 Å². The fourth-order valence-corrected chi connectivity index (χ4v) is 3.31. The lowest BCUT2D eigenvalue weighted by Gasteiger charge is -2.32. The van der Waals surface area contributed by atoms with E-state index in [1.165, 1.54) is 7.11 Å². The maximum atomic E-state index is 12.6. The average Bonchev–Trinajstić information content (AvgIpc) is 2.67. The summed E-state index contributed by atoms with van der Waals surface area (Å²) in [6, 6.07) is 6.87. The second-order valence-corrected chi connectivity index (χ2v) is 7.52. The summed E-state index contributed by atoms with van der Waals surface area (Å²) in [5.74, 6) is -0.322. The van der Waals surface area contributed by atoms with E-state index in [2.05, 4.69) is 20.3 Å². The van der Waals surface area contributed by atoms with Gasteiger partial charge in [-0.15, -0.1) is 0 Å². The lowest BCUT2D eigenvalue weighted by Crippen LogP contribution is -2.44. The largest absolute Gasteiger partial charge is 0.453 e. The highest BCUT2D eigenvalue weighted by atomic mass is 16.5. The lowest BCUT2D eigenvalue weighted by atomic mass is 9.96.